The summed E-state index contributed by atoms with van der Waals surface area (Å²) in [5, 5.41) is 6.53. The molecule has 1 aromatic heterocycles. The highest BCUT2D eigenvalue weighted by Gasteiger charge is 2.02. The zero-order valence-corrected chi connectivity index (χ0v) is 16.1. The van der Waals surface area contributed by atoms with Gasteiger partial charge in [0.2, 0.25) is 0 Å². The second-order valence-corrected chi connectivity index (χ2v) is 5.83. The first kappa shape index (κ1) is 20.8. The van der Waals surface area contributed by atoms with Crippen LogP contribution in [-0.4, -0.2) is 46.5 Å². The van der Waals surface area contributed by atoms with Crippen molar-refractivity contribution in [3.63, 3.8) is 0 Å². The molecule has 1 aromatic carbocycles. The number of aliphatic imine (C=N–C) groups is 1. The highest BCUT2D eigenvalue weighted by Crippen LogP contribution is 2.17. The number of methoxy groups -OCH3 is 1. The van der Waals surface area contributed by atoms with Crippen molar-refractivity contribution < 1.29 is 18.6 Å². The Kier molecular flexibility index (Phi) is 9.84. The van der Waals surface area contributed by atoms with Gasteiger partial charge in [-0.05, 0) is 30.7 Å². The minimum atomic E-state index is 0.497. The lowest BCUT2D eigenvalue weighted by Crippen LogP contribution is -2.31. The molecule has 0 fully saturated rings. The molecule has 0 atom stereocenters. The van der Waals surface area contributed by atoms with E-state index in [0.717, 1.165) is 36.6 Å². The molecule has 0 saturated heterocycles. The molecule has 1 heterocycles. The zero-order valence-electron chi connectivity index (χ0n) is 16.1. The Balaban J connectivity index is 1.65. The van der Waals surface area contributed by atoms with Gasteiger partial charge in [-0.15, -0.1) is 0 Å². The molecule has 0 amide bonds. The number of hydrogen-bond acceptors (Lipinski definition) is 5. The van der Waals surface area contributed by atoms with Gasteiger partial charge in [0.1, 0.15) is 18.1 Å². The molecule has 0 radical (unpaired) electrons. The Morgan fingerprint density at radius 1 is 1.11 bits per heavy atom. The Hall–Kier alpha value is -2.51. The van der Waals surface area contributed by atoms with Crippen molar-refractivity contribution in [1.82, 2.24) is 5.32 Å². The minimum Gasteiger partial charge on any atom is -0.493 e. The van der Waals surface area contributed by atoms with Gasteiger partial charge in [-0.25, -0.2) is 0 Å². The average Bonchev–Trinajstić information content (AvgIpc) is 3.21. The molecule has 0 saturated carbocycles. The summed E-state index contributed by atoms with van der Waals surface area (Å²) in [7, 11) is 3.43. The highest BCUT2D eigenvalue weighted by atomic mass is 16.5. The summed E-state index contributed by atoms with van der Waals surface area (Å²) in [4.78, 5) is 4.24. The minimum absolute atomic E-state index is 0.497. The Bertz CT molecular complexity index is 659. The summed E-state index contributed by atoms with van der Waals surface area (Å²) in [6, 6.07) is 11.6. The van der Waals surface area contributed by atoms with Crippen LogP contribution in [0.4, 0.5) is 5.69 Å². The van der Waals surface area contributed by atoms with Crippen molar-refractivity contribution in [3.05, 3.63) is 48.4 Å². The van der Waals surface area contributed by atoms with E-state index in [4.69, 9.17) is 18.6 Å². The fourth-order valence-corrected chi connectivity index (χ4v) is 2.32. The Morgan fingerprint density at radius 2 is 2.04 bits per heavy atom. The summed E-state index contributed by atoms with van der Waals surface area (Å²) in [6.45, 7) is 3.22. The van der Waals surface area contributed by atoms with E-state index in [-0.39, 0.29) is 0 Å². The molecule has 148 valence electrons. The summed E-state index contributed by atoms with van der Waals surface area (Å²) >= 11 is 0. The molecule has 27 heavy (non-hydrogen) atoms. The van der Waals surface area contributed by atoms with Crippen molar-refractivity contribution in [2.45, 2.75) is 19.4 Å². The lowest BCUT2D eigenvalue weighted by atomic mass is 10.3. The van der Waals surface area contributed by atoms with Crippen LogP contribution in [-0.2, 0) is 16.1 Å². The summed E-state index contributed by atoms with van der Waals surface area (Å²) in [6.07, 6.45) is 3.37. The lowest BCUT2D eigenvalue weighted by molar-refractivity contribution is 0.105. The van der Waals surface area contributed by atoms with E-state index in [1.54, 1.807) is 20.4 Å². The van der Waals surface area contributed by atoms with Crippen molar-refractivity contribution in [1.29, 1.82) is 0 Å². The zero-order chi connectivity index (χ0) is 19.2. The number of nitrogens with zero attached hydrogens (tertiary/aromatic N) is 1. The SMILES string of the molecule is CN=C(NCCCOCc1ccco1)Nc1cccc(OCCCOC)c1. The summed E-state index contributed by atoms with van der Waals surface area (Å²) in [5.74, 6) is 2.36. The van der Waals surface area contributed by atoms with Crippen LogP contribution in [0.1, 0.15) is 18.6 Å². The number of benzene rings is 1. The maximum Gasteiger partial charge on any atom is 0.195 e. The molecule has 0 aliphatic carbocycles. The van der Waals surface area contributed by atoms with E-state index in [9.17, 15) is 0 Å². The third-order valence-electron chi connectivity index (χ3n) is 3.66. The van der Waals surface area contributed by atoms with Crippen molar-refractivity contribution in [2.24, 2.45) is 4.99 Å². The van der Waals surface area contributed by atoms with Crippen LogP contribution in [0.25, 0.3) is 0 Å². The van der Waals surface area contributed by atoms with E-state index < -0.39 is 0 Å². The molecule has 2 N–H and O–H groups in total. The van der Waals surface area contributed by atoms with E-state index >= 15 is 0 Å². The van der Waals surface area contributed by atoms with E-state index in [1.165, 1.54) is 0 Å². The van der Waals surface area contributed by atoms with Crippen molar-refractivity contribution in [3.8, 4) is 5.75 Å². The van der Waals surface area contributed by atoms with Gasteiger partial charge in [0.15, 0.2) is 5.96 Å². The number of guanidine groups is 1. The number of furan rings is 1. The Morgan fingerprint density at radius 3 is 2.81 bits per heavy atom. The van der Waals surface area contributed by atoms with Crippen LogP contribution < -0.4 is 15.4 Å². The molecule has 2 aromatic rings. The fourth-order valence-electron chi connectivity index (χ4n) is 2.32. The van der Waals surface area contributed by atoms with Gasteiger partial charge in [-0.2, -0.15) is 0 Å². The predicted molar refractivity (Wildman–Crippen MR) is 106 cm³/mol. The topological polar surface area (TPSA) is 77.3 Å². The van der Waals surface area contributed by atoms with E-state index in [2.05, 4.69) is 15.6 Å². The third kappa shape index (κ3) is 8.61. The Labute approximate surface area is 160 Å². The quantitative estimate of drug-likeness (QED) is 0.337. The fraction of sp³-hybridized carbons (Fsp3) is 0.450. The molecule has 0 bridgehead atoms. The van der Waals surface area contributed by atoms with Crippen LogP contribution in [0, 0.1) is 0 Å². The summed E-state index contributed by atoms with van der Waals surface area (Å²) in [5.41, 5.74) is 0.918. The van der Waals surface area contributed by atoms with Crippen LogP contribution in [0.3, 0.4) is 0 Å². The second-order valence-electron chi connectivity index (χ2n) is 5.83. The molecule has 7 nitrogen and oxygen atoms in total. The molecule has 7 heteroatoms. The molecule has 0 aliphatic heterocycles. The molecule has 2 rings (SSSR count). The molecule has 0 spiro atoms. The van der Waals surface area contributed by atoms with Crippen molar-refractivity contribution in [2.75, 3.05) is 45.8 Å². The van der Waals surface area contributed by atoms with E-state index in [0.29, 0.717) is 32.4 Å². The first-order valence-electron chi connectivity index (χ1n) is 9.11. The molecular formula is C20H29N3O4. The van der Waals surface area contributed by atoms with Gasteiger partial charge in [0.05, 0.1) is 12.9 Å². The largest absolute Gasteiger partial charge is 0.493 e. The lowest BCUT2D eigenvalue weighted by Gasteiger charge is -2.13. The number of anilines is 1. The van der Waals surface area contributed by atoms with Gasteiger partial charge in [-0.1, -0.05) is 6.07 Å². The number of hydrogen-bond donors (Lipinski definition) is 2. The van der Waals surface area contributed by atoms with Gasteiger partial charge in [0.25, 0.3) is 0 Å². The van der Waals surface area contributed by atoms with Crippen LogP contribution in [0.15, 0.2) is 52.1 Å². The van der Waals surface area contributed by atoms with Crippen LogP contribution in [0.2, 0.25) is 0 Å². The molecular weight excluding hydrogens is 346 g/mol. The maximum absolute atomic E-state index is 5.72. The smallest absolute Gasteiger partial charge is 0.195 e. The number of nitrogens with one attached hydrogen (secondary N) is 2. The standard InChI is InChI=1S/C20H29N3O4/c1-21-20(22-10-5-12-25-16-19-9-4-13-27-19)23-17-7-3-8-18(15-17)26-14-6-11-24-2/h3-4,7-9,13,15H,5-6,10-12,14,16H2,1-2H3,(H2,21,22,23). The number of rotatable bonds is 12. The van der Waals surface area contributed by atoms with Gasteiger partial charge < -0.3 is 29.3 Å². The normalized spacial score (nSPS) is 11.4. The monoisotopic (exact) mass is 375 g/mol. The van der Waals surface area contributed by atoms with Gasteiger partial charge in [-0.3, -0.25) is 4.99 Å². The highest BCUT2D eigenvalue weighted by molar-refractivity contribution is 5.93. The third-order valence-corrected chi connectivity index (χ3v) is 3.66. The maximum atomic E-state index is 5.72. The predicted octanol–water partition coefficient (Wildman–Crippen LogP) is 3.29. The first-order valence-corrected chi connectivity index (χ1v) is 9.11. The molecule has 0 aliphatic rings. The van der Waals surface area contributed by atoms with E-state index in [1.807, 2.05) is 36.4 Å². The average molecular weight is 375 g/mol. The van der Waals surface area contributed by atoms with Crippen molar-refractivity contribution >= 4 is 11.6 Å². The van der Waals surface area contributed by atoms with Crippen LogP contribution >= 0.6 is 0 Å². The summed E-state index contributed by atoms with van der Waals surface area (Å²) < 4.78 is 21.5. The van der Waals surface area contributed by atoms with Gasteiger partial charge >= 0.3 is 0 Å². The first-order chi connectivity index (χ1) is 13.3. The van der Waals surface area contributed by atoms with Crippen LogP contribution in [0.5, 0.6) is 5.75 Å². The number of ether oxygens (including phenoxy) is 3. The van der Waals surface area contributed by atoms with Gasteiger partial charge in [0, 0.05) is 52.1 Å². The second kappa shape index (κ2) is 12.8. The molecule has 0 unspecified atom stereocenters.